The maximum absolute atomic E-state index is 11.1. The van der Waals surface area contributed by atoms with Crippen LogP contribution in [-0.4, -0.2) is 36.5 Å². The number of phenolic OH excluding ortho intramolecular Hbond substituents is 2. The van der Waals surface area contributed by atoms with Gasteiger partial charge in [-0.15, -0.1) is 0 Å². The van der Waals surface area contributed by atoms with Gasteiger partial charge in [-0.3, -0.25) is 0 Å². The fourth-order valence-corrected chi connectivity index (χ4v) is 4.22. The molecule has 0 saturated carbocycles. The second kappa shape index (κ2) is 8.00. The average Bonchev–Trinajstić information content (AvgIpc) is 2.63. The molecule has 0 bridgehead atoms. The number of rotatable bonds is 3. The Morgan fingerprint density at radius 1 is 0.793 bits per heavy atom. The fourth-order valence-electron chi connectivity index (χ4n) is 4.22. The number of phenols is 2. The summed E-state index contributed by atoms with van der Waals surface area (Å²) in [6, 6.07) is 12.1. The molecule has 1 heterocycles. The van der Waals surface area contributed by atoms with Crippen molar-refractivity contribution in [3.8, 4) is 11.5 Å². The van der Waals surface area contributed by atoms with Crippen molar-refractivity contribution in [3.63, 3.8) is 0 Å². The molecule has 0 amide bonds. The number of nitrogens with one attached hydrogen (secondary N) is 1. The predicted octanol–water partition coefficient (Wildman–Crippen LogP) is 3.70. The lowest BCUT2D eigenvalue weighted by molar-refractivity contribution is -0.933. The molecule has 1 aliphatic rings. The number of ether oxygens (including phenoxy) is 1. The zero-order valence-corrected chi connectivity index (χ0v) is 18.7. The molecule has 0 radical (unpaired) electrons. The highest BCUT2D eigenvalue weighted by Gasteiger charge is 2.33. The lowest BCUT2D eigenvalue weighted by Crippen LogP contribution is -3.14. The van der Waals surface area contributed by atoms with Crippen molar-refractivity contribution in [1.82, 2.24) is 0 Å². The van der Waals surface area contributed by atoms with Gasteiger partial charge in [0, 0.05) is 22.3 Å². The fraction of sp³-hybridized carbons (Fsp3) is 0.520. The van der Waals surface area contributed by atoms with Crippen LogP contribution in [0.1, 0.15) is 69.8 Å². The van der Waals surface area contributed by atoms with Crippen LogP contribution in [0, 0.1) is 0 Å². The van der Waals surface area contributed by atoms with Gasteiger partial charge in [-0.2, -0.15) is 0 Å². The molecule has 1 fully saturated rings. The van der Waals surface area contributed by atoms with Crippen molar-refractivity contribution >= 4 is 0 Å². The quantitative estimate of drug-likeness (QED) is 0.739. The Morgan fingerprint density at radius 3 is 1.72 bits per heavy atom. The number of hydrogen-bond acceptors (Lipinski definition) is 3. The van der Waals surface area contributed by atoms with Crippen LogP contribution in [0.3, 0.4) is 0 Å². The van der Waals surface area contributed by atoms with Gasteiger partial charge in [0.15, 0.2) is 0 Å². The lowest BCUT2D eigenvalue weighted by Gasteiger charge is -2.34. The zero-order chi connectivity index (χ0) is 21.4. The van der Waals surface area contributed by atoms with Gasteiger partial charge in [-0.1, -0.05) is 41.5 Å². The highest BCUT2D eigenvalue weighted by atomic mass is 16.5. The van der Waals surface area contributed by atoms with E-state index in [0.29, 0.717) is 5.75 Å². The summed E-state index contributed by atoms with van der Waals surface area (Å²) in [6.45, 7) is 16.3. The van der Waals surface area contributed by atoms with Crippen LogP contribution in [0.25, 0.3) is 0 Å². The van der Waals surface area contributed by atoms with Crippen LogP contribution in [0.4, 0.5) is 0 Å². The summed E-state index contributed by atoms with van der Waals surface area (Å²) in [5.74, 6) is 0.691. The van der Waals surface area contributed by atoms with Crippen molar-refractivity contribution < 1.29 is 19.8 Å². The Balaban J connectivity index is 2.22. The molecule has 0 aromatic heterocycles. The summed E-state index contributed by atoms with van der Waals surface area (Å²) in [5, 5.41) is 20.9. The molecular weight excluding hydrogens is 362 g/mol. The molecule has 1 saturated heterocycles. The molecule has 2 aromatic carbocycles. The second-order valence-corrected chi connectivity index (χ2v) is 10.3. The number of morpholine rings is 1. The zero-order valence-electron chi connectivity index (χ0n) is 18.7. The van der Waals surface area contributed by atoms with Gasteiger partial charge in [0.25, 0.3) is 0 Å². The first kappa shape index (κ1) is 21.7. The third kappa shape index (κ3) is 4.76. The molecule has 3 N–H and O–H groups in total. The van der Waals surface area contributed by atoms with E-state index < -0.39 is 0 Å². The van der Waals surface area contributed by atoms with E-state index >= 15 is 0 Å². The van der Waals surface area contributed by atoms with Crippen LogP contribution >= 0.6 is 0 Å². The summed E-state index contributed by atoms with van der Waals surface area (Å²) in [5.41, 5.74) is 4.01. The second-order valence-electron chi connectivity index (χ2n) is 10.3. The van der Waals surface area contributed by atoms with Gasteiger partial charge >= 0.3 is 0 Å². The molecule has 4 heteroatoms. The summed E-state index contributed by atoms with van der Waals surface area (Å²) in [4.78, 5) is 1.45. The molecule has 158 valence electrons. The first-order valence-corrected chi connectivity index (χ1v) is 10.6. The van der Waals surface area contributed by atoms with Crippen LogP contribution in [0.5, 0.6) is 11.5 Å². The van der Waals surface area contributed by atoms with Crippen LogP contribution < -0.4 is 4.90 Å². The minimum Gasteiger partial charge on any atom is -0.508 e. The Kier molecular flexibility index (Phi) is 5.98. The normalized spacial score (nSPS) is 17.3. The molecular formula is C25H36NO3+. The summed E-state index contributed by atoms with van der Waals surface area (Å²) in [6.07, 6.45) is 0. The van der Waals surface area contributed by atoms with Crippen molar-refractivity contribution in [2.75, 3.05) is 26.3 Å². The van der Waals surface area contributed by atoms with Crippen molar-refractivity contribution in [2.45, 2.75) is 58.4 Å². The SMILES string of the molecule is CC(C)(C)c1cc(C(c2ccc(O)cc2)[NH+]2CCOCC2)cc(C(C)(C)C)c1O. The maximum atomic E-state index is 11.1. The number of quaternary nitrogens is 1. The highest BCUT2D eigenvalue weighted by Crippen LogP contribution is 2.41. The van der Waals surface area contributed by atoms with E-state index in [1.807, 2.05) is 12.1 Å². The Bertz CT molecular complexity index is 803. The standard InChI is InChI=1S/C25H35NO3/c1-24(2,3)20-15-18(16-21(23(20)28)25(4,5)6)22(26-11-13-29-14-12-26)17-7-9-19(27)10-8-17/h7-10,15-16,22,27-28H,11-14H2,1-6H3/p+1. The van der Waals surface area contributed by atoms with Gasteiger partial charge in [-0.05, 0) is 47.2 Å². The van der Waals surface area contributed by atoms with Crippen molar-refractivity contribution in [3.05, 3.63) is 58.7 Å². The Hall–Kier alpha value is -2.04. The van der Waals surface area contributed by atoms with E-state index in [0.717, 1.165) is 37.4 Å². The molecule has 0 spiro atoms. The van der Waals surface area contributed by atoms with Crippen LogP contribution in [0.15, 0.2) is 36.4 Å². The van der Waals surface area contributed by atoms with Gasteiger partial charge < -0.3 is 19.8 Å². The molecule has 2 aromatic rings. The van der Waals surface area contributed by atoms with E-state index in [4.69, 9.17) is 4.74 Å². The molecule has 1 aliphatic heterocycles. The van der Waals surface area contributed by atoms with E-state index in [-0.39, 0.29) is 22.6 Å². The van der Waals surface area contributed by atoms with Crippen LogP contribution in [-0.2, 0) is 15.6 Å². The van der Waals surface area contributed by atoms with Gasteiger partial charge in [0.1, 0.15) is 30.6 Å². The molecule has 1 atom stereocenters. The number of benzene rings is 2. The number of hydrogen-bond donors (Lipinski definition) is 3. The summed E-state index contributed by atoms with van der Waals surface area (Å²) in [7, 11) is 0. The van der Waals surface area contributed by atoms with E-state index in [1.165, 1.54) is 16.0 Å². The summed E-state index contributed by atoms with van der Waals surface area (Å²) < 4.78 is 5.61. The first-order chi connectivity index (χ1) is 13.5. The molecule has 0 aliphatic carbocycles. The first-order valence-electron chi connectivity index (χ1n) is 10.6. The van der Waals surface area contributed by atoms with Gasteiger partial charge in [0.2, 0.25) is 0 Å². The van der Waals surface area contributed by atoms with Crippen molar-refractivity contribution in [2.24, 2.45) is 0 Å². The van der Waals surface area contributed by atoms with Crippen LogP contribution in [0.2, 0.25) is 0 Å². The van der Waals surface area contributed by atoms with E-state index in [9.17, 15) is 10.2 Å². The minimum atomic E-state index is -0.167. The molecule has 29 heavy (non-hydrogen) atoms. The van der Waals surface area contributed by atoms with Crippen molar-refractivity contribution in [1.29, 1.82) is 0 Å². The van der Waals surface area contributed by atoms with Gasteiger partial charge in [0.05, 0.1) is 13.2 Å². The minimum absolute atomic E-state index is 0.127. The monoisotopic (exact) mass is 398 g/mol. The topological polar surface area (TPSA) is 54.1 Å². The molecule has 3 rings (SSSR count). The smallest absolute Gasteiger partial charge is 0.139 e. The third-order valence-electron chi connectivity index (χ3n) is 5.85. The Labute approximate surface area is 175 Å². The largest absolute Gasteiger partial charge is 0.508 e. The highest BCUT2D eigenvalue weighted by molar-refractivity contribution is 5.51. The predicted molar refractivity (Wildman–Crippen MR) is 117 cm³/mol. The third-order valence-corrected chi connectivity index (χ3v) is 5.85. The van der Waals surface area contributed by atoms with E-state index in [2.05, 4.69) is 53.7 Å². The maximum Gasteiger partial charge on any atom is 0.139 e. The number of aromatic hydroxyl groups is 2. The van der Waals surface area contributed by atoms with Gasteiger partial charge in [-0.25, -0.2) is 0 Å². The average molecular weight is 399 g/mol. The summed E-state index contributed by atoms with van der Waals surface area (Å²) >= 11 is 0. The lowest BCUT2D eigenvalue weighted by atomic mass is 9.77. The molecule has 4 nitrogen and oxygen atoms in total. The van der Waals surface area contributed by atoms with E-state index in [1.54, 1.807) is 12.1 Å². The molecule has 1 unspecified atom stereocenters. The Morgan fingerprint density at radius 2 is 1.28 bits per heavy atom.